The van der Waals surface area contributed by atoms with Gasteiger partial charge < -0.3 is 20.6 Å². The lowest BCUT2D eigenvalue weighted by atomic mass is 9.91. The zero-order valence-corrected chi connectivity index (χ0v) is 13.0. The third-order valence-electron chi connectivity index (χ3n) is 3.61. The van der Waals surface area contributed by atoms with Crippen LogP contribution in [-0.4, -0.2) is 52.6 Å². The maximum Gasteiger partial charge on any atom is 0.326 e. The van der Waals surface area contributed by atoms with Crippen molar-refractivity contribution in [1.29, 1.82) is 0 Å². The summed E-state index contributed by atoms with van der Waals surface area (Å²) in [6.07, 6.45) is 1.55. The van der Waals surface area contributed by atoms with Crippen molar-refractivity contribution in [3.05, 3.63) is 0 Å². The number of carbonyl (C=O) groups is 3. The normalized spacial score (nSPS) is 23.6. The van der Waals surface area contributed by atoms with Gasteiger partial charge in [0.05, 0.1) is 0 Å². The number of nitrogens with one attached hydrogen (secondary N) is 2. The van der Waals surface area contributed by atoms with Crippen molar-refractivity contribution in [3.8, 4) is 0 Å². The first-order chi connectivity index (χ1) is 9.73. The van der Waals surface area contributed by atoms with E-state index in [4.69, 9.17) is 0 Å². The van der Waals surface area contributed by atoms with Crippen LogP contribution in [0.15, 0.2) is 0 Å². The average molecular weight is 299 g/mol. The Balaban J connectivity index is 2.68. The minimum atomic E-state index is -1.00. The van der Waals surface area contributed by atoms with Gasteiger partial charge in [-0.1, -0.05) is 6.92 Å². The van der Waals surface area contributed by atoms with Gasteiger partial charge in [0.15, 0.2) is 0 Å². The van der Waals surface area contributed by atoms with Crippen molar-refractivity contribution >= 4 is 17.9 Å². The molecule has 3 unspecified atom stereocenters. The highest BCUT2D eigenvalue weighted by molar-refractivity contribution is 5.88. The number of likely N-dealkylation sites (tertiary alicyclic amines) is 1. The molecule has 0 saturated carbocycles. The fourth-order valence-corrected chi connectivity index (χ4v) is 2.54. The van der Waals surface area contributed by atoms with Gasteiger partial charge in [-0.15, -0.1) is 0 Å². The molecule has 1 aliphatic rings. The van der Waals surface area contributed by atoms with Crippen molar-refractivity contribution in [1.82, 2.24) is 15.5 Å². The first kappa shape index (κ1) is 17.3. The molecule has 1 saturated heterocycles. The van der Waals surface area contributed by atoms with Gasteiger partial charge in [0.1, 0.15) is 12.1 Å². The van der Waals surface area contributed by atoms with E-state index >= 15 is 0 Å². The van der Waals surface area contributed by atoms with Gasteiger partial charge in [0, 0.05) is 12.6 Å². The van der Waals surface area contributed by atoms with Gasteiger partial charge in [0.2, 0.25) is 5.91 Å². The largest absolute Gasteiger partial charge is 0.480 e. The lowest BCUT2D eigenvalue weighted by Gasteiger charge is -2.37. The number of carbonyl (C=O) groups excluding carboxylic acids is 2. The summed E-state index contributed by atoms with van der Waals surface area (Å²) in [7, 11) is 0. The number of piperidine rings is 1. The van der Waals surface area contributed by atoms with E-state index in [2.05, 4.69) is 10.6 Å². The predicted molar refractivity (Wildman–Crippen MR) is 77.8 cm³/mol. The fraction of sp³-hybridized carbons (Fsp3) is 0.786. The summed E-state index contributed by atoms with van der Waals surface area (Å²) in [5.74, 6) is -1.38. The molecule has 0 spiro atoms. The molecule has 0 aromatic heterocycles. The maximum atomic E-state index is 12.2. The van der Waals surface area contributed by atoms with Gasteiger partial charge in [-0.25, -0.2) is 9.59 Å². The number of urea groups is 1. The summed E-state index contributed by atoms with van der Waals surface area (Å²) in [6, 6.07) is -2.05. The maximum absolute atomic E-state index is 12.2. The molecule has 0 bridgehead atoms. The van der Waals surface area contributed by atoms with Crippen molar-refractivity contribution in [2.75, 3.05) is 6.54 Å². The molecule has 7 heteroatoms. The molecule has 3 amide bonds. The Morgan fingerprint density at radius 2 is 1.81 bits per heavy atom. The van der Waals surface area contributed by atoms with Crippen molar-refractivity contribution in [2.45, 2.75) is 58.7 Å². The Bertz CT molecular complexity index is 411. The van der Waals surface area contributed by atoms with E-state index < -0.39 is 24.1 Å². The molecule has 1 aliphatic heterocycles. The average Bonchev–Trinajstić information content (AvgIpc) is 2.36. The first-order valence-electron chi connectivity index (χ1n) is 7.34. The van der Waals surface area contributed by atoms with Gasteiger partial charge in [-0.05, 0) is 39.5 Å². The lowest BCUT2D eigenvalue weighted by molar-refractivity contribution is -0.145. The lowest BCUT2D eigenvalue weighted by Crippen LogP contribution is -2.58. The van der Waals surface area contributed by atoms with Gasteiger partial charge in [-0.3, -0.25) is 4.79 Å². The van der Waals surface area contributed by atoms with Crippen LogP contribution in [0.25, 0.3) is 0 Å². The highest BCUT2D eigenvalue weighted by atomic mass is 16.4. The Kier molecular flexibility index (Phi) is 5.99. The van der Waals surface area contributed by atoms with Gasteiger partial charge >= 0.3 is 12.0 Å². The minimum Gasteiger partial charge on any atom is -0.480 e. The molecular formula is C14H25N3O4. The topological polar surface area (TPSA) is 98.7 Å². The molecule has 0 aromatic rings. The van der Waals surface area contributed by atoms with Gasteiger partial charge in [-0.2, -0.15) is 0 Å². The van der Waals surface area contributed by atoms with Crippen LogP contribution in [0.2, 0.25) is 0 Å². The molecular weight excluding hydrogens is 274 g/mol. The second-order valence-electron chi connectivity index (χ2n) is 5.93. The number of amides is 3. The van der Waals surface area contributed by atoms with Crippen LogP contribution in [0.1, 0.15) is 40.5 Å². The van der Waals surface area contributed by atoms with Crippen LogP contribution >= 0.6 is 0 Å². The molecule has 1 heterocycles. The van der Waals surface area contributed by atoms with E-state index in [1.807, 2.05) is 20.8 Å². The van der Waals surface area contributed by atoms with Crippen LogP contribution in [0.5, 0.6) is 0 Å². The number of hydrogen-bond donors (Lipinski definition) is 3. The summed E-state index contributed by atoms with van der Waals surface area (Å²) < 4.78 is 0. The molecule has 120 valence electrons. The number of rotatable bonds is 4. The zero-order chi connectivity index (χ0) is 16.2. The van der Waals surface area contributed by atoms with Crippen molar-refractivity contribution in [2.24, 2.45) is 5.92 Å². The number of hydrogen-bond acceptors (Lipinski definition) is 3. The third kappa shape index (κ3) is 4.61. The second kappa shape index (κ2) is 7.28. The standard InChI is InChI=1S/C14H25N3O4/c1-8(2)15-12(18)10(4)16-14(21)17-7-5-6-9(3)11(17)13(19)20/h8-11H,5-7H2,1-4H3,(H,15,18)(H,16,21)(H,19,20). The SMILES string of the molecule is CC(C)NC(=O)C(C)NC(=O)N1CCCC(C)C1C(=O)O. The van der Waals surface area contributed by atoms with E-state index in [1.165, 1.54) is 4.90 Å². The number of carboxylic acids is 1. The smallest absolute Gasteiger partial charge is 0.326 e. The Hall–Kier alpha value is -1.79. The fourth-order valence-electron chi connectivity index (χ4n) is 2.54. The Morgan fingerprint density at radius 3 is 2.33 bits per heavy atom. The summed E-state index contributed by atoms with van der Waals surface area (Å²) in [4.78, 5) is 36.7. The van der Waals surface area contributed by atoms with E-state index in [0.29, 0.717) is 6.54 Å². The van der Waals surface area contributed by atoms with Crippen LogP contribution in [0.4, 0.5) is 4.79 Å². The summed E-state index contributed by atoms with van der Waals surface area (Å²) in [5.41, 5.74) is 0. The summed E-state index contributed by atoms with van der Waals surface area (Å²) in [6.45, 7) is 7.47. The molecule has 3 N–H and O–H groups in total. The summed E-state index contributed by atoms with van der Waals surface area (Å²) in [5, 5.41) is 14.6. The van der Waals surface area contributed by atoms with Gasteiger partial charge in [0.25, 0.3) is 0 Å². The van der Waals surface area contributed by atoms with Crippen molar-refractivity contribution < 1.29 is 19.5 Å². The minimum absolute atomic E-state index is 0.0152. The zero-order valence-electron chi connectivity index (χ0n) is 13.0. The van der Waals surface area contributed by atoms with Crippen LogP contribution < -0.4 is 10.6 Å². The molecule has 3 atom stereocenters. The van der Waals surface area contributed by atoms with E-state index in [0.717, 1.165) is 12.8 Å². The molecule has 1 rings (SSSR count). The second-order valence-corrected chi connectivity index (χ2v) is 5.93. The van der Waals surface area contributed by atoms with E-state index in [1.54, 1.807) is 6.92 Å². The Morgan fingerprint density at radius 1 is 1.19 bits per heavy atom. The number of nitrogens with zero attached hydrogens (tertiary/aromatic N) is 1. The van der Waals surface area contributed by atoms with Crippen molar-refractivity contribution in [3.63, 3.8) is 0 Å². The summed E-state index contributed by atoms with van der Waals surface area (Å²) >= 11 is 0. The molecule has 0 radical (unpaired) electrons. The quantitative estimate of drug-likeness (QED) is 0.715. The molecule has 7 nitrogen and oxygen atoms in total. The third-order valence-corrected chi connectivity index (χ3v) is 3.61. The van der Waals surface area contributed by atoms with E-state index in [9.17, 15) is 19.5 Å². The van der Waals surface area contributed by atoms with Crippen LogP contribution in [0.3, 0.4) is 0 Å². The molecule has 21 heavy (non-hydrogen) atoms. The monoisotopic (exact) mass is 299 g/mol. The first-order valence-corrected chi connectivity index (χ1v) is 7.34. The highest BCUT2D eigenvalue weighted by Crippen LogP contribution is 2.23. The molecule has 1 fully saturated rings. The van der Waals surface area contributed by atoms with Crippen LogP contribution in [-0.2, 0) is 9.59 Å². The molecule has 0 aromatic carbocycles. The van der Waals surface area contributed by atoms with E-state index in [-0.39, 0.29) is 17.9 Å². The van der Waals surface area contributed by atoms with Crippen LogP contribution in [0, 0.1) is 5.92 Å². The number of carboxylic acid groups (broad SMARTS) is 1. The molecule has 0 aliphatic carbocycles. The predicted octanol–water partition coefficient (Wildman–Crippen LogP) is 0.794. The highest BCUT2D eigenvalue weighted by Gasteiger charge is 2.37. The Labute approximate surface area is 125 Å². The number of aliphatic carboxylic acids is 1.